The summed E-state index contributed by atoms with van der Waals surface area (Å²) in [5.41, 5.74) is 0. The third kappa shape index (κ3) is 5.32. The largest absolute Gasteiger partial charge is 0.513 e. The highest BCUT2D eigenvalue weighted by Crippen LogP contribution is 2.16. The molecule has 6 heteroatoms. The zero-order chi connectivity index (χ0) is 11.9. The number of ether oxygens (including phenoxy) is 1. The molecule has 2 N–H and O–H groups in total. The van der Waals surface area contributed by atoms with Gasteiger partial charge >= 0.3 is 0 Å². The van der Waals surface area contributed by atoms with Crippen molar-refractivity contribution in [3.05, 3.63) is 0 Å². The molecular formula is C9H16NO3SSi. The van der Waals surface area contributed by atoms with Crippen LogP contribution in [0, 0.1) is 11.3 Å². The van der Waals surface area contributed by atoms with E-state index in [2.05, 4.69) is 12.6 Å². The predicted octanol–water partition coefficient (Wildman–Crippen LogP) is 0.498. The maximum Gasteiger partial charge on any atom is 0.208 e. The molecule has 0 aromatic heterocycles. The first-order valence-electron chi connectivity index (χ1n) is 4.76. The van der Waals surface area contributed by atoms with Gasteiger partial charge in [0.15, 0.2) is 0 Å². The molecule has 0 fully saturated rings. The minimum atomic E-state index is -1.31. The van der Waals surface area contributed by atoms with Gasteiger partial charge in [-0.15, -0.1) is 0 Å². The van der Waals surface area contributed by atoms with Crippen molar-refractivity contribution in [2.45, 2.75) is 37.3 Å². The molecule has 0 aliphatic heterocycles. The van der Waals surface area contributed by atoms with Crippen molar-refractivity contribution in [3.8, 4) is 6.07 Å². The van der Waals surface area contributed by atoms with E-state index in [1.54, 1.807) is 6.92 Å². The Balaban J connectivity index is 4.62. The Morgan fingerprint density at radius 2 is 2.27 bits per heavy atom. The number of aliphatic hydroxyl groups excluding tert-OH is 2. The van der Waals surface area contributed by atoms with Gasteiger partial charge in [-0.2, -0.15) is 17.9 Å². The zero-order valence-electron chi connectivity index (χ0n) is 8.90. The summed E-state index contributed by atoms with van der Waals surface area (Å²) in [7, 11) is -0.253. The van der Waals surface area contributed by atoms with Crippen LogP contribution in [0.4, 0.5) is 0 Å². The third-order valence-corrected chi connectivity index (χ3v) is 3.63. The van der Waals surface area contributed by atoms with E-state index in [9.17, 15) is 10.2 Å². The van der Waals surface area contributed by atoms with Crippen molar-refractivity contribution in [2.75, 3.05) is 6.61 Å². The first-order chi connectivity index (χ1) is 6.99. The second-order valence-corrected chi connectivity index (χ2v) is 5.84. The van der Waals surface area contributed by atoms with E-state index in [4.69, 9.17) is 10.00 Å². The van der Waals surface area contributed by atoms with Crippen molar-refractivity contribution < 1.29 is 14.9 Å². The molecule has 15 heavy (non-hydrogen) atoms. The van der Waals surface area contributed by atoms with Crippen LogP contribution in [0.15, 0.2) is 0 Å². The lowest BCUT2D eigenvalue weighted by Crippen LogP contribution is -2.34. The molecule has 0 aliphatic carbocycles. The Morgan fingerprint density at radius 1 is 1.67 bits per heavy atom. The fourth-order valence-corrected chi connectivity index (χ4v) is 2.65. The molecule has 1 radical (unpaired) electrons. The fraction of sp³-hybridized carbons (Fsp3) is 0.778. The average molecular weight is 246 g/mol. The lowest BCUT2D eigenvalue weighted by molar-refractivity contribution is -0.0520. The number of rotatable bonds is 6. The maximum absolute atomic E-state index is 9.50. The van der Waals surface area contributed by atoms with Gasteiger partial charge < -0.3 is 14.9 Å². The van der Waals surface area contributed by atoms with Gasteiger partial charge in [0.1, 0.15) is 18.9 Å². The van der Waals surface area contributed by atoms with Crippen LogP contribution in [0.1, 0.15) is 26.7 Å². The van der Waals surface area contributed by atoms with Gasteiger partial charge in [-0.3, -0.25) is 0 Å². The first kappa shape index (κ1) is 14.6. The Labute approximate surface area is 97.7 Å². The summed E-state index contributed by atoms with van der Waals surface area (Å²) in [6, 6.07) is 2.04. The SMILES string of the molecule is CCCC(S)(C#N)[Si]=C(O)C(O)OCC. The van der Waals surface area contributed by atoms with Crippen LogP contribution in [0.25, 0.3) is 0 Å². The highest BCUT2D eigenvalue weighted by molar-refractivity contribution is 7.83. The summed E-state index contributed by atoms with van der Waals surface area (Å²) < 4.78 is 3.90. The van der Waals surface area contributed by atoms with Gasteiger partial charge in [-0.25, -0.2) is 0 Å². The Bertz CT molecular complexity index is 267. The van der Waals surface area contributed by atoms with E-state index in [1.165, 1.54) is 0 Å². The van der Waals surface area contributed by atoms with Gasteiger partial charge in [-0.1, -0.05) is 13.3 Å². The van der Waals surface area contributed by atoms with Crippen LogP contribution < -0.4 is 0 Å². The Kier molecular flexibility index (Phi) is 6.84. The monoisotopic (exact) mass is 246 g/mol. The summed E-state index contributed by atoms with van der Waals surface area (Å²) in [4.78, 5) is 0. The normalized spacial score (nSPS) is 17.9. The third-order valence-electron chi connectivity index (χ3n) is 1.69. The van der Waals surface area contributed by atoms with Gasteiger partial charge in [-0.05, 0) is 13.3 Å². The fourth-order valence-electron chi connectivity index (χ4n) is 1.02. The topological polar surface area (TPSA) is 73.5 Å². The quantitative estimate of drug-likeness (QED) is 0.362. The Morgan fingerprint density at radius 3 is 2.67 bits per heavy atom. The van der Waals surface area contributed by atoms with E-state index in [0.29, 0.717) is 13.0 Å². The molecule has 2 unspecified atom stereocenters. The first-order valence-corrected chi connectivity index (χ1v) is 6.21. The molecule has 0 aliphatic rings. The summed E-state index contributed by atoms with van der Waals surface area (Å²) >= 11 is 4.20. The molecule has 0 spiro atoms. The second-order valence-electron chi connectivity index (χ2n) is 3.04. The summed E-state index contributed by atoms with van der Waals surface area (Å²) in [6.07, 6.45) is 0.0424. The number of nitriles is 1. The van der Waals surface area contributed by atoms with Crippen LogP contribution in [0.3, 0.4) is 0 Å². The number of hydrogen-bond acceptors (Lipinski definition) is 5. The van der Waals surface area contributed by atoms with E-state index < -0.39 is 10.7 Å². The predicted molar refractivity (Wildman–Crippen MR) is 62.6 cm³/mol. The highest BCUT2D eigenvalue weighted by atomic mass is 32.1. The minimum Gasteiger partial charge on any atom is -0.513 e. The van der Waals surface area contributed by atoms with Crippen LogP contribution in [-0.2, 0) is 4.74 Å². The van der Waals surface area contributed by atoms with E-state index >= 15 is 0 Å². The number of nitrogens with zero attached hydrogens (tertiary/aromatic N) is 1. The van der Waals surface area contributed by atoms with Crippen molar-refractivity contribution in [3.63, 3.8) is 0 Å². The molecule has 0 saturated carbocycles. The zero-order valence-corrected chi connectivity index (χ0v) is 10.8. The summed E-state index contributed by atoms with van der Waals surface area (Å²) in [5.74, 6) is 0. The standard InChI is InChI=1S/C9H16NO3SSi/c1-3-5-9(14,6-10)15-8(12)7(11)13-4-2/h7,11-12,14H,3-5H2,1-2H3. The molecule has 2 atom stereocenters. The average Bonchev–Trinajstić information content (AvgIpc) is 2.18. The van der Waals surface area contributed by atoms with Gasteiger partial charge in [0.25, 0.3) is 0 Å². The smallest absolute Gasteiger partial charge is 0.208 e. The minimum absolute atomic E-state index is 0.221. The molecule has 0 bridgehead atoms. The molecule has 0 amide bonds. The van der Waals surface area contributed by atoms with Gasteiger partial charge in [0, 0.05) is 6.61 Å². The van der Waals surface area contributed by atoms with Crippen molar-refractivity contribution in [1.82, 2.24) is 0 Å². The summed E-state index contributed by atoms with van der Waals surface area (Å²) in [5, 5.41) is 27.5. The molecule has 85 valence electrons. The number of aliphatic hydroxyl groups is 2. The number of hydrogen-bond donors (Lipinski definition) is 3. The molecule has 4 nitrogen and oxygen atoms in total. The molecule has 0 heterocycles. The van der Waals surface area contributed by atoms with Crippen LogP contribution in [0.5, 0.6) is 0 Å². The maximum atomic E-state index is 9.50. The van der Waals surface area contributed by atoms with Crippen LogP contribution >= 0.6 is 12.6 Å². The van der Waals surface area contributed by atoms with Crippen molar-refractivity contribution in [2.24, 2.45) is 0 Å². The van der Waals surface area contributed by atoms with E-state index in [0.717, 1.165) is 6.42 Å². The number of thiol groups is 1. The van der Waals surface area contributed by atoms with Crippen LogP contribution in [-0.4, -0.2) is 42.0 Å². The highest BCUT2D eigenvalue weighted by Gasteiger charge is 2.25. The molecule has 0 rings (SSSR count). The van der Waals surface area contributed by atoms with Crippen molar-refractivity contribution in [1.29, 1.82) is 5.26 Å². The molecule has 0 aromatic carbocycles. The van der Waals surface area contributed by atoms with E-state index in [-0.39, 0.29) is 14.5 Å². The lowest BCUT2D eigenvalue weighted by atomic mass is 10.2. The Hall–Kier alpha value is -0.353. The summed E-state index contributed by atoms with van der Waals surface area (Å²) in [6.45, 7) is 3.95. The van der Waals surface area contributed by atoms with E-state index in [1.807, 2.05) is 13.0 Å². The van der Waals surface area contributed by atoms with Gasteiger partial charge in [0.05, 0.1) is 6.07 Å². The van der Waals surface area contributed by atoms with Gasteiger partial charge in [0.2, 0.25) is 6.29 Å². The van der Waals surface area contributed by atoms with Crippen molar-refractivity contribution >= 4 is 27.1 Å². The molecule has 0 aromatic rings. The molecular weight excluding hydrogens is 230 g/mol. The van der Waals surface area contributed by atoms with Crippen LogP contribution in [0.2, 0.25) is 0 Å². The molecule has 0 saturated heterocycles. The second kappa shape index (κ2) is 7.01. The lowest BCUT2D eigenvalue weighted by Gasteiger charge is -2.16.